The lowest BCUT2D eigenvalue weighted by Crippen LogP contribution is -2.29. The minimum atomic E-state index is -3.48. The van der Waals surface area contributed by atoms with E-state index in [9.17, 15) is 13.2 Å². The second kappa shape index (κ2) is 11.0. The highest BCUT2D eigenvalue weighted by Gasteiger charge is 2.17. The molecule has 1 aromatic rings. The zero-order chi connectivity index (χ0) is 18.3. The van der Waals surface area contributed by atoms with Gasteiger partial charge in [0.1, 0.15) is 4.21 Å². The van der Waals surface area contributed by atoms with Crippen molar-refractivity contribution in [3.05, 3.63) is 28.7 Å². The molecule has 1 aliphatic rings. The molecule has 0 spiro atoms. The Morgan fingerprint density at radius 3 is 2.77 bits per heavy atom. The molecule has 3 N–H and O–H groups in total. The first kappa shape index (κ1) is 23.1. The predicted molar refractivity (Wildman–Crippen MR) is 108 cm³/mol. The van der Waals surface area contributed by atoms with E-state index >= 15 is 0 Å². The number of sulfonamides is 1. The summed E-state index contributed by atoms with van der Waals surface area (Å²) < 4.78 is 27.8. The summed E-state index contributed by atoms with van der Waals surface area (Å²) in [5, 5.41) is 6.07. The summed E-state index contributed by atoms with van der Waals surface area (Å²) in [7, 11) is -3.48. The van der Waals surface area contributed by atoms with Gasteiger partial charge in [0.25, 0.3) is 0 Å². The molecule has 0 aliphatic carbocycles. The zero-order valence-corrected chi connectivity index (χ0v) is 17.7. The second-order valence-electron chi connectivity index (χ2n) is 6.56. The first-order valence-electron chi connectivity index (χ1n) is 8.60. The van der Waals surface area contributed by atoms with Gasteiger partial charge in [0, 0.05) is 30.9 Å². The molecule has 2 heterocycles. The maximum Gasteiger partial charge on any atom is 0.250 e. The van der Waals surface area contributed by atoms with E-state index in [1.807, 2.05) is 26.0 Å². The summed E-state index contributed by atoms with van der Waals surface area (Å²) >= 11 is 1.26. The highest BCUT2D eigenvalue weighted by Crippen LogP contribution is 2.22. The monoisotopic (exact) mass is 421 g/mol. The SMILES string of the molecule is CC(C)CC(=O)NCCc1ccc(S(=O)(=O)NCC2=CCNCC2)s1.Cl. The number of rotatable bonds is 9. The number of hydrogen-bond donors (Lipinski definition) is 3. The van der Waals surface area contributed by atoms with Crippen LogP contribution in [-0.4, -0.2) is 40.5 Å². The lowest BCUT2D eigenvalue weighted by atomic mass is 10.1. The molecule has 0 fully saturated rings. The van der Waals surface area contributed by atoms with E-state index in [0.29, 0.717) is 36.1 Å². The maximum atomic E-state index is 12.4. The number of carbonyl (C=O) groups excluding carboxylic acids is 1. The minimum absolute atomic E-state index is 0. The summed E-state index contributed by atoms with van der Waals surface area (Å²) in [6.45, 7) is 6.58. The van der Waals surface area contributed by atoms with Gasteiger partial charge in [0.05, 0.1) is 0 Å². The van der Waals surface area contributed by atoms with Crippen molar-refractivity contribution in [2.24, 2.45) is 5.92 Å². The number of halogens is 1. The molecule has 6 nitrogen and oxygen atoms in total. The van der Waals surface area contributed by atoms with Crippen molar-refractivity contribution in [1.29, 1.82) is 0 Å². The summed E-state index contributed by atoms with van der Waals surface area (Å²) in [6.07, 6.45) is 4.06. The van der Waals surface area contributed by atoms with Crippen molar-refractivity contribution in [2.45, 2.75) is 37.3 Å². The highest BCUT2D eigenvalue weighted by atomic mass is 35.5. The average molecular weight is 422 g/mol. The topological polar surface area (TPSA) is 87.3 Å². The van der Waals surface area contributed by atoms with Crippen molar-refractivity contribution < 1.29 is 13.2 Å². The van der Waals surface area contributed by atoms with E-state index < -0.39 is 10.0 Å². The van der Waals surface area contributed by atoms with Crippen LogP contribution in [0.1, 0.15) is 31.6 Å². The van der Waals surface area contributed by atoms with Crippen LogP contribution in [0.2, 0.25) is 0 Å². The van der Waals surface area contributed by atoms with Crippen LogP contribution in [0.5, 0.6) is 0 Å². The van der Waals surface area contributed by atoms with Crippen molar-refractivity contribution in [2.75, 3.05) is 26.2 Å². The van der Waals surface area contributed by atoms with Crippen LogP contribution < -0.4 is 15.4 Å². The lowest BCUT2D eigenvalue weighted by molar-refractivity contribution is -0.121. The summed E-state index contributed by atoms with van der Waals surface area (Å²) in [4.78, 5) is 12.6. The van der Waals surface area contributed by atoms with Gasteiger partial charge in [-0.2, -0.15) is 0 Å². The molecule has 0 unspecified atom stereocenters. The quantitative estimate of drug-likeness (QED) is 0.532. The maximum absolute atomic E-state index is 12.4. The van der Waals surface area contributed by atoms with Gasteiger partial charge < -0.3 is 10.6 Å². The van der Waals surface area contributed by atoms with Gasteiger partial charge in [-0.05, 0) is 37.4 Å². The normalized spacial score (nSPS) is 14.7. The molecule has 1 aliphatic heterocycles. The highest BCUT2D eigenvalue weighted by molar-refractivity contribution is 7.91. The molecule has 0 radical (unpaired) electrons. The number of thiophene rings is 1. The molecule has 1 aromatic heterocycles. The standard InChI is InChI=1S/C17H27N3O3S2.ClH/c1-13(2)11-16(21)19-10-7-15-3-4-17(24-15)25(22,23)20-12-14-5-8-18-9-6-14;/h3-5,13,18,20H,6-12H2,1-2H3,(H,19,21);1H. The Balaban J connectivity index is 0.00000338. The summed E-state index contributed by atoms with van der Waals surface area (Å²) in [5.41, 5.74) is 1.12. The Hall–Kier alpha value is -0.930. The van der Waals surface area contributed by atoms with Gasteiger partial charge in [-0.25, -0.2) is 13.1 Å². The van der Waals surface area contributed by atoms with Crippen LogP contribution >= 0.6 is 23.7 Å². The largest absolute Gasteiger partial charge is 0.356 e. The number of hydrogen-bond acceptors (Lipinski definition) is 5. The Kier molecular flexibility index (Phi) is 9.81. The van der Waals surface area contributed by atoms with Crippen LogP contribution in [0.25, 0.3) is 0 Å². The molecule has 0 saturated carbocycles. The van der Waals surface area contributed by atoms with Crippen LogP contribution in [-0.2, 0) is 21.2 Å². The lowest BCUT2D eigenvalue weighted by Gasteiger charge is -2.14. The van der Waals surface area contributed by atoms with Gasteiger partial charge in [-0.15, -0.1) is 23.7 Å². The number of amides is 1. The fourth-order valence-corrected chi connectivity index (χ4v) is 4.93. The van der Waals surface area contributed by atoms with E-state index in [-0.39, 0.29) is 18.3 Å². The Labute approximate surface area is 166 Å². The third kappa shape index (κ3) is 7.75. The molecular weight excluding hydrogens is 394 g/mol. The number of nitrogens with one attached hydrogen (secondary N) is 3. The molecule has 0 saturated heterocycles. The van der Waals surface area contributed by atoms with Gasteiger partial charge in [0.15, 0.2) is 0 Å². The van der Waals surface area contributed by atoms with Crippen molar-refractivity contribution in [3.8, 4) is 0 Å². The van der Waals surface area contributed by atoms with E-state index in [4.69, 9.17) is 0 Å². The van der Waals surface area contributed by atoms with E-state index in [1.54, 1.807) is 6.07 Å². The fourth-order valence-electron chi connectivity index (χ4n) is 2.49. The summed E-state index contributed by atoms with van der Waals surface area (Å²) in [5.74, 6) is 0.371. The third-order valence-corrected chi connectivity index (χ3v) is 6.87. The van der Waals surface area contributed by atoms with Crippen LogP contribution in [0.15, 0.2) is 28.0 Å². The molecule has 2 rings (SSSR count). The minimum Gasteiger partial charge on any atom is -0.356 e. The Morgan fingerprint density at radius 2 is 2.12 bits per heavy atom. The smallest absolute Gasteiger partial charge is 0.250 e. The fraction of sp³-hybridized carbons (Fsp3) is 0.588. The van der Waals surface area contributed by atoms with Crippen molar-refractivity contribution >= 4 is 39.7 Å². The van der Waals surface area contributed by atoms with Crippen LogP contribution in [0.4, 0.5) is 0 Å². The molecule has 0 aromatic carbocycles. The average Bonchev–Trinajstić information content (AvgIpc) is 3.03. The van der Waals surface area contributed by atoms with Gasteiger partial charge in [0.2, 0.25) is 15.9 Å². The van der Waals surface area contributed by atoms with Crippen LogP contribution in [0.3, 0.4) is 0 Å². The second-order valence-corrected chi connectivity index (χ2v) is 9.72. The predicted octanol–water partition coefficient (Wildman–Crippen LogP) is 2.07. The summed E-state index contributed by atoms with van der Waals surface area (Å²) in [6, 6.07) is 3.45. The van der Waals surface area contributed by atoms with Gasteiger partial charge in [-0.3, -0.25) is 4.79 Å². The zero-order valence-electron chi connectivity index (χ0n) is 15.2. The van der Waals surface area contributed by atoms with Gasteiger partial charge in [-0.1, -0.05) is 25.5 Å². The van der Waals surface area contributed by atoms with E-state index in [2.05, 4.69) is 15.4 Å². The molecule has 9 heteroatoms. The molecule has 26 heavy (non-hydrogen) atoms. The third-order valence-electron chi connectivity index (χ3n) is 3.84. The molecule has 1 amide bonds. The Morgan fingerprint density at radius 1 is 1.35 bits per heavy atom. The van der Waals surface area contributed by atoms with E-state index in [1.165, 1.54) is 11.3 Å². The molecule has 148 valence electrons. The van der Waals surface area contributed by atoms with E-state index in [0.717, 1.165) is 30.0 Å². The number of carbonyl (C=O) groups is 1. The first-order valence-corrected chi connectivity index (χ1v) is 10.9. The van der Waals surface area contributed by atoms with Crippen molar-refractivity contribution in [1.82, 2.24) is 15.4 Å². The molecule has 0 bridgehead atoms. The van der Waals surface area contributed by atoms with Crippen molar-refractivity contribution in [3.63, 3.8) is 0 Å². The molecular formula is C17H28ClN3O3S2. The Bertz CT molecular complexity index is 715. The van der Waals surface area contributed by atoms with Gasteiger partial charge >= 0.3 is 0 Å². The molecule has 0 atom stereocenters. The van der Waals surface area contributed by atoms with Crippen LogP contribution in [0, 0.1) is 5.92 Å². The first-order chi connectivity index (χ1) is 11.9.